The number of rotatable bonds is 1. The SMILES string of the molecule is CC(=O)C1(O)CCC2=C(C1)C(=O)c1cc3ccccc3c(O)c1C2=O. The Morgan fingerprint density at radius 1 is 1.12 bits per heavy atom. The van der Waals surface area contributed by atoms with Crippen molar-refractivity contribution in [2.45, 2.75) is 31.8 Å². The molecule has 5 nitrogen and oxygen atoms in total. The van der Waals surface area contributed by atoms with Crippen molar-refractivity contribution in [2.75, 3.05) is 0 Å². The number of ketones is 3. The predicted molar refractivity (Wildman–Crippen MR) is 90.8 cm³/mol. The second kappa shape index (κ2) is 5.10. The maximum absolute atomic E-state index is 13.0. The van der Waals surface area contributed by atoms with Crippen molar-refractivity contribution < 1.29 is 24.6 Å². The summed E-state index contributed by atoms with van der Waals surface area (Å²) in [7, 11) is 0. The van der Waals surface area contributed by atoms with E-state index in [1.165, 1.54) is 6.92 Å². The number of hydrogen-bond donors (Lipinski definition) is 2. The van der Waals surface area contributed by atoms with E-state index < -0.39 is 23.0 Å². The second-order valence-electron chi connectivity index (χ2n) is 6.75. The van der Waals surface area contributed by atoms with Gasteiger partial charge in [-0.2, -0.15) is 0 Å². The van der Waals surface area contributed by atoms with E-state index in [9.17, 15) is 24.6 Å². The topological polar surface area (TPSA) is 91.7 Å². The van der Waals surface area contributed by atoms with Gasteiger partial charge in [0.15, 0.2) is 17.3 Å². The van der Waals surface area contributed by atoms with Gasteiger partial charge in [0.05, 0.1) is 5.56 Å². The van der Waals surface area contributed by atoms with Crippen molar-refractivity contribution in [3.8, 4) is 5.75 Å². The molecule has 5 heteroatoms. The standard InChI is InChI=1S/C20H16O5/c1-10(21)20(25)7-6-13-15(9-20)17(22)14-8-11-4-2-3-5-12(11)18(23)16(14)19(13)24/h2-5,8,23,25H,6-7,9H2,1H3. The van der Waals surface area contributed by atoms with Gasteiger partial charge in [-0.1, -0.05) is 24.3 Å². The molecule has 2 aromatic carbocycles. The van der Waals surface area contributed by atoms with Crippen LogP contribution in [0, 0.1) is 0 Å². The Bertz CT molecular complexity index is 1010. The van der Waals surface area contributed by atoms with Gasteiger partial charge in [-0.15, -0.1) is 0 Å². The number of aromatic hydroxyl groups is 1. The minimum absolute atomic E-state index is 0.0238. The van der Waals surface area contributed by atoms with Crippen LogP contribution < -0.4 is 0 Å². The zero-order valence-electron chi connectivity index (χ0n) is 13.6. The first kappa shape index (κ1) is 15.7. The number of aliphatic hydroxyl groups is 1. The predicted octanol–water partition coefficient (Wildman–Crippen LogP) is 2.73. The van der Waals surface area contributed by atoms with Crippen LogP contribution in [-0.2, 0) is 4.79 Å². The monoisotopic (exact) mass is 336 g/mol. The fourth-order valence-corrected chi connectivity index (χ4v) is 3.79. The summed E-state index contributed by atoms with van der Waals surface area (Å²) in [6.45, 7) is 1.29. The van der Waals surface area contributed by atoms with Crippen molar-refractivity contribution in [1.82, 2.24) is 0 Å². The summed E-state index contributed by atoms with van der Waals surface area (Å²) in [5.41, 5.74) is -0.959. The third-order valence-electron chi connectivity index (χ3n) is 5.32. The van der Waals surface area contributed by atoms with Crippen LogP contribution >= 0.6 is 0 Å². The number of carbonyl (C=O) groups excluding carboxylic acids is 3. The number of phenols is 1. The minimum Gasteiger partial charge on any atom is -0.507 e. The van der Waals surface area contributed by atoms with E-state index in [1.807, 2.05) is 0 Å². The van der Waals surface area contributed by atoms with Crippen LogP contribution in [0.2, 0.25) is 0 Å². The van der Waals surface area contributed by atoms with Crippen LogP contribution in [-0.4, -0.2) is 33.2 Å². The molecular weight excluding hydrogens is 320 g/mol. The molecule has 0 amide bonds. The largest absolute Gasteiger partial charge is 0.507 e. The van der Waals surface area contributed by atoms with Gasteiger partial charge < -0.3 is 10.2 Å². The summed E-state index contributed by atoms with van der Waals surface area (Å²) in [4.78, 5) is 37.6. The van der Waals surface area contributed by atoms with Crippen molar-refractivity contribution in [1.29, 1.82) is 0 Å². The summed E-state index contributed by atoms with van der Waals surface area (Å²) in [6, 6.07) is 8.58. The van der Waals surface area contributed by atoms with Gasteiger partial charge >= 0.3 is 0 Å². The molecule has 25 heavy (non-hydrogen) atoms. The number of hydrogen-bond acceptors (Lipinski definition) is 5. The van der Waals surface area contributed by atoms with Gasteiger partial charge in [-0.05, 0) is 31.2 Å². The van der Waals surface area contributed by atoms with Gasteiger partial charge in [0.25, 0.3) is 0 Å². The molecule has 126 valence electrons. The lowest BCUT2D eigenvalue weighted by Gasteiger charge is -2.34. The summed E-state index contributed by atoms with van der Waals surface area (Å²) in [5.74, 6) is -1.39. The Balaban J connectivity index is 1.94. The summed E-state index contributed by atoms with van der Waals surface area (Å²) in [5, 5.41) is 22.2. The summed E-state index contributed by atoms with van der Waals surface area (Å²) >= 11 is 0. The van der Waals surface area contributed by atoms with Gasteiger partial charge in [0.2, 0.25) is 0 Å². The van der Waals surface area contributed by atoms with Crippen molar-refractivity contribution in [3.63, 3.8) is 0 Å². The molecular formula is C20H16O5. The van der Waals surface area contributed by atoms with Crippen LogP contribution in [0.5, 0.6) is 5.75 Å². The Morgan fingerprint density at radius 3 is 2.56 bits per heavy atom. The number of phenolic OH excluding ortho intramolecular Hbond substituents is 1. The molecule has 0 saturated heterocycles. The average molecular weight is 336 g/mol. The molecule has 2 aromatic rings. The van der Waals surface area contributed by atoms with E-state index in [-0.39, 0.29) is 41.7 Å². The smallest absolute Gasteiger partial charge is 0.193 e. The van der Waals surface area contributed by atoms with E-state index in [0.29, 0.717) is 16.3 Å². The van der Waals surface area contributed by atoms with E-state index in [2.05, 4.69) is 0 Å². The molecule has 2 aliphatic carbocycles. The molecule has 1 atom stereocenters. The van der Waals surface area contributed by atoms with Crippen LogP contribution in [0.4, 0.5) is 0 Å². The minimum atomic E-state index is -1.61. The van der Waals surface area contributed by atoms with Crippen LogP contribution in [0.3, 0.4) is 0 Å². The Labute approximate surface area is 143 Å². The lowest BCUT2D eigenvalue weighted by molar-refractivity contribution is -0.136. The Morgan fingerprint density at radius 2 is 1.84 bits per heavy atom. The van der Waals surface area contributed by atoms with Crippen LogP contribution in [0.15, 0.2) is 41.5 Å². The first-order chi connectivity index (χ1) is 11.8. The molecule has 0 saturated carbocycles. The molecule has 0 spiro atoms. The third kappa shape index (κ3) is 2.09. The lowest BCUT2D eigenvalue weighted by atomic mass is 9.70. The maximum Gasteiger partial charge on any atom is 0.193 e. The number of allylic oxidation sites excluding steroid dienone is 1. The molecule has 0 radical (unpaired) electrons. The number of carbonyl (C=O) groups is 3. The number of fused-ring (bicyclic) bond motifs is 2. The zero-order valence-corrected chi connectivity index (χ0v) is 13.6. The highest BCUT2D eigenvalue weighted by Gasteiger charge is 2.44. The molecule has 1 unspecified atom stereocenters. The molecule has 0 bridgehead atoms. The fourth-order valence-electron chi connectivity index (χ4n) is 3.79. The Kier molecular flexibility index (Phi) is 3.21. The summed E-state index contributed by atoms with van der Waals surface area (Å²) < 4.78 is 0. The Hall–Kier alpha value is -2.79. The van der Waals surface area contributed by atoms with Crippen LogP contribution in [0.25, 0.3) is 10.8 Å². The quantitative estimate of drug-likeness (QED) is 0.835. The molecule has 0 aromatic heterocycles. The van der Waals surface area contributed by atoms with Crippen LogP contribution in [0.1, 0.15) is 46.9 Å². The van der Waals surface area contributed by atoms with E-state index >= 15 is 0 Å². The molecule has 0 aliphatic heterocycles. The van der Waals surface area contributed by atoms with Gasteiger partial charge in [-0.25, -0.2) is 0 Å². The summed E-state index contributed by atoms with van der Waals surface area (Å²) in [6.07, 6.45) is 0.0842. The zero-order chi connectivity index (χ0) is 17.9. The highest BCUT2D eigenvalue weighted by molar-refractivity contribution is 6.30. The molecule has 4 rings (SSSR count). The first-order valence-electron chi connectivity index (χ1n) is 8.13. The maximum atomic E-state index is 13.0. The fraction of sp³-hybridized carbons (Fsp3) is 0.250. The first-order valence-corrected chi connectivity index (χ1v) is 8.13. The number of Topliss-reactive ketones (excluding diaryl/α,β-unsaturated/α-hetero) is 3. The van der Waals surface area contributed by atoms with Gasteiger partial charge in [0, 0.05) is 28.5 Å². The lowest BCUT2D eigenvalue weighted by Crippen LogP contribution is -2.42. The number of benzene rings is 2. The molecule has 2 aliphatic rings. The van der Waals surface area contributed by atoms with Crippen molar-refractivity contribution in [3.05, 3.63) is 52.6 Å². The highest BCUT2D eigenvalue weighted by atomic mass is 16.3. The second-order valence-corrected chi connectivity index (χ2v) is 6.75. The highest BCUT2D eigenvalue weighted by Crippen LogP contribution is 2.44. The normalized spacial score (nSPS) is 22.8. The molecule has 0 fully saturated rings. The third-order valence-corrected chi connectivity index (χ3v) is 5.32. The average Bonchev–Trinajstić information content (AvgIpc) is 2.59. The van der Waals surface area contributed by atoms with E-state index in [1.54, 1.807) is 30.3 Å². The van der Waals surface area contributed by atoms with Gasteiger partial charge in [-0.3, -0.25) is 14.4 Å². The molecule has 0 heterocycles. The van der Waals surface area contributed by atoms with Gasteiger partial charge in [0.1, 0.15) is 11.4 Å². The van der Waals surface area contributed by atoms with E-state index in [4.69, 9.17) is 0 Å². The van der Waals surface area contributed by atoms with Crippen molar-refractivity contribution >= 4 is 28.1 Å². The van der Waals surface area contributed by atoms with Crippen molar-refractivity contribution in [2.24, 2.45) is 0 Å². The molecule has 2 N–H and O–H groups in total. The van der Waals surface area contributed by atoms with E-state index in [0.717, 1.165) is 0 Å².